The van der Waals surface area contributed by atoms with Gasteiger partial charge in [0.05, 0.1) is 29.9 Å². The lowest BCUT2D eigenvalue weighted by Gasteiger charge is -2.22. The Morgan fingerprint density at radius 3 is 2.68 bits per heavy atom. The summed E-state index contributed by atoms with van der Waals surface area (Å²) < 4.78 is 19.0. The van der Waals surface area contributed by atoms with Gasteiger partial charge in [0, 0.05) is 22.0 Å². The molecule has 0 aliphatic carbocycles. The molecule has 142 valence electrons. The highest BCUT2D eigenvalue weighted by atomic mass is 32.1. The van der Waals surface area contributed by atoms with E-state index in [2.05, 4.69) is 4.98 Å². The minimum absolute atomic E-state index is 0.0967. The van der Waals surface area contributed by atoms with Crippen LogP contribution in [0.2, 0.25) is 0 Å². The highest BCUT2D eigenvalue weighted by Crippen LogP contribution is 2.25. The summed E-state index contributed by atoms with van der Waals surface area (Å²) >= 11 is 1.54. The fraction of sp³-hybridized carbons (Fsp3) is 0.182. The maximum absolute atomic E-state index is 13.4. The Morgan fingerprint density at radius 2 is 1.96 bits per heavy atom. The van der Waals surface area contributed by atoms with Crippen molar-refractivity contribution in [3.63, 3.8) is 0 Å². The molecular weight excluding hydrogens is 375 g/mol. The second-order valence-electron chi connectivity index (χ2n) is 6.75. The zero-order valence-corrected chi connectivity index (χ0v) is 16.4. The van der Waals surface area contributed by atoms with Crippen LogP contribution in [-0.4, -0.2) is 10.9 Å². The highest BCUT2D eigenvalue weighted by Gasteiger charge is 2.20. The molecule has 0 spiro atoms. The second kappa shape index (κ2) is 7.56. The fourth-order valence-electron chi connectivity index (χ4n) is 3.17. The molecule has 4 aromatic rings. The van der Waals surface area contributed by atoms with Crippen LogP contribution < -0.4 is 4.90 Å². The zero-order valence-electron chi connectivity index (χ0n) is 15.6. The van der Waals surface area contributed by atoms with E-state index in [0.29, 0.717) is 12.2 Å². The number of anilines is 1. The number of nitrogens with zero attached hydrogens (tertiary/aromatic N) is 2. The van der Waals surface area contributed by atoms with Gasteiger partial charge < -0.3 is 9.32 Å². The highest BCUT2D eigenvalue weighted by molar-refractivity contribution is 7.09. The molecule has 0 saturated carbocycles. The third kappa shape index (κ3) is 3.82. The third-order valence-electron chi connectivity index (χ3n) is 4.58. The lowest BCUT2D eigenvalue weighted by Crippen LogP contribution is -2.31. The van der Waals surface area contributed by atoms with Gasteiger partial charge in [-0.15, -0.1) is 11.3 Å². The van der Waals surface area contributed by atoms with E-state index in [-0.39, 0.29) is 18.1 Å². The van der Waals surface area contributed by atoms with Crippen LogP contribution in [0.5, 0.6) is 0 Å². The number of hydrogen-bond donors (Lipinski definition) is 0. The first-order chi connectivity index (χ1) is 13.5. The summed E-state index contributed by atoms with van der Waals surface area (Å²) in [4.78, 5) is 19.3. The molecule has 4 nitrogen and oxygen atoms in total. The van der Waals surface area contributed by atoms with Gasteiger partial charge in [-0.2, -0.15) is 0 Å². The molecule has 2 heterocycles. The van der Waals surface area contributed by atoms with Gasteiger partial charge in [-0.1, -0.05) is 12.1 Å². The van der Waals surface area contributed by atoms with Gasteiger partial charge in [-0.3, -0.25) is 4.79 Å². The van der Waals surface area contributed by atoms with Gasteiger partial charge >= 0.3 is 0 Å². The molecule has 0 N–H and O–H groups in total. The first-order valence-electron chi connectivity index (χ1n) is 8.93. The van der Waals surface area contributed by atoms with Crippen molar-refractivity contribution in [1.29, 1.82) is 0 Å². The topological polar surface area (TPSA) is 46.3 Å². The van der Waals surface area contributed by atoms with Gasteiger partial charge in [0.25, 0.3) is 0 Å². The minimum Gasteiger partial charge on any atom is -0.464 e. The summed E-state index contributed by atoms with van der Waals surface area (Å²) in [6, 6.07) is 11.9. The normalized spacial score (nSPS) is 11.1. The number of rotatable bonds is 5. The predicted octanol–water partition coefficient (Wildman–Crippen LogP) is 5.42. The number of thiazole rings is 1. The summed E-state index contributed by atoms with van der Waals surface area (Å²) in [5.41, 5.74) is 4.16. The van der Waals surface area contributed by atoms with Gasteiger partial charge in [0.2, 0.25) is 5.91 Å². The monoisotopic (exact) mass is 394 g/mol. The van der Waals surface area contributed by atoms with Crippen LogP contribution in [0, 0.1) is 19.7 Å². The van der Waals surface area contributed by atoms with Gasteiger partial charge in [-0.05, 0) is 49.7 Å². The number of fused-ring (bicyclic) bond motifs is 1. The molecule has 0 aliphatic heterocycles. The molecule has 6 heteroatoms. The lowest BCUT2D eigenvalue weighted by atomic mass is 10.1. The Hall–Kier alpha value is -2.99. The second-order valence-corrected chi connectivity index (χ2v) is 7.81. The van der Waals surface area contributed by atoms with Crippen LogP contribution in [0.1, 0.15) is 21.8 Å². The van der Waals surface area contributed by atoms with E-state index in [1.807, 2.05) is 37.4 Å². The van der Waals surface area contributed by atoms with E-state index >= 15 is 0 Å². The maximum Gasteiger partial charge on any atom is 0.231 e. The van der Waals surface area contributed by atoms with Crippen LogP contribution in [0.25, 0.3) is 11.0 Å². The van der Waals surface area contributed by atoms with E-state index < -0.39 is 0 Å². The number of aromatic nitrogens is 1. The molecule has 0 unspecified atom stereocenters. The molecule has 0 bridgehead atoms. The van der Waals surface area contributed by atoms with Crippen molar-refractivity contribution in [3.05, 3.63) is 81.8 Å². The summed E-state index contributed by atoms with van der Waals surface area (Å²) in [6.07, 6.45) is 1.83. The fourth-order valence-corrected chi connectivity index (χ4v) is 3.78. The average Bonchev–Trinajstić information content (AvgIpc) is 3.26. The Morgan fingerprint density at radius 1 is 1.18 bits per heavy atom. The molecule has 0 fully saturated rings. The number of halogens is 1. The molecule has 0 saturated heterocycles. The van der Waals surface area contributed by atoms with Crippen molar-refractivity contribution in [2.75, 3.05) is 4.90 Å². The standard InChI is InChI=1S/C22H19FN2O2S/c1-14-3-8-20-16(12-27-21(20)9-14)10-22(26)25(11-18-13-28-15(2)24-18)19-6-4-17(23)5-7-19/h3-9,12-13H,10-11H2,1-2H3. The van der Waals surface area contributed by atoms with E-state index in [1.165, 1.54) is 12.1 Å². The average molecular weight is 394 g/mol. The van der Waals surface area contributed by atoms with E-state index in [4.69, 9.17) is 4.42 Å². The maximum atomic E-state index is 13.4. The summed E-state index contributed by atoms with van der Waals surface area (Å²) in [7, 11) is 0. The van der Waals surface area contributed by atoms with Gasteiger partial charge in [0.1, 0.15) is 11.4 Å². The van der Waals surface area contributed by atoms with E-state index in [0.717, 1.165) is 32.8 Å². The van der Waals surface area contributed by atoms with Gasteiger partial charge in [-0.25, -0.2) is 9.37 Å². The predicted molar refractivity (Wildman–Crippen MR) is 109 cm³/mol. The molecule has 0 aliphatic rings. The SMILES string of the molecule is Cc1ccc2c(CC(=O)N(Cc3csc(C)n3)c3ccc(F)cc3)coc2c1. The molecule has 1 amide bonds. The Labute approximate surface area is 166 Å². The minimum atomic E-state index is -0.336. The molecule has 0 atom stereocenters. The first kappa shape index (κ1) is 18.4. The number of aryl methyl sites for hydroxylation is 2. The molecular formula is C22H19FN2O2S. The molecule has 2 aromatic carbocycles. The van der Waals surface area contributed by atoms with Crippen LogP contribution in [0.4, 0.5) is 10.1 Å². The number of benzene rings is 2. The summed E-state index contributed by atoms with van der Waals surface area (Å²) in [6.45, 7) is 4.26. The Balaban J connectivity index is 1.64. The van der Waals surface area contributed by atoms with E-state index in [9.17, 15) is 9.18 Å². The van der Waals surface area contributed by atoms with E-state index in [1.54, 1.807) is 34.6 Å². The molecule has 28 heavy (non-hydrogen) atoms. The van der Waals surface area contributed by atoms with Crippen molar-refractivity contribution < 1.29 is 13.6 Å². The van der Waals surface area contributed by atoms with Gasteiger partial charge in [0.15, 0.2) is 0 Å². The largest absolute Gasteiger partial charge is 0.464 e. The summed E-state index contributed by atoms with van der Waals surface area (Å²) in [5, 5.41) is 3.81. The van der Waals surface area contributed by atoms with Crippen LogP contribution >= 0.6 is 11.3 Å². The van der Waals surface area contributed by atoms with Crippen molar-refractivity contribution in [2.24, 2.45) is 0 Å². The van der Waals surface area contributed by atoms with Crippen molar-refractivity contribution in [2.45, 2.75) is 26.8 Å². The van der Waals surface area contributed by atoms with Crippen LogP contribution in [0.3, 0.4) is 0 Å². The number of hydrogen-bond acceptors (Lipinski definition) is 4. The molecule has 0 radical (unpaired) electrons. The quantitative estimate of drug-likeness (QED) is 0.454. The Kier molecular flexibility index (Phi) is 4.96. The zero-order chi connectivity index (χ0) is 19.7. The first-order valence-corrected chi connectivity index (χ1v) is 9.81. The Bertz CT molecular complexity index is 1130. The van der Waals surface area contributed by atoms with Crippen LogP contribution in [0.15, 0.2) is 58.5 Å². The summed E-state index contributed by atoms with van der Waals surface area (Å²) in [5.74, 6) is -0.433. The number of carbonyl (C=O) groups is 1. The van der Waals surface area contributed by atoms with Crippen molar-refractivity contribution >= 4 is 33.9 Å². The lowest BCUT2D eigenvalue weighted by molar-refractivity contribution is -0.118. The number of amides is 1. The number of furan rings is 1. The van der Waals surface area contributed by atoms with Crippen molar-refractivity contribution in [1.82, 2.24) is 4.98 Å². The number of carbonyl (C=O) groups excluding carboxylic acids is 1. The van der Waals surface area contributed by atoms with Crippen molar-refractivity contribution in [3.8, 4) is 0 Å². The smallest absolute Gasteiger partial charge is 0.231 e. The third-order valence-corrected chi connectivity index (χ3v) is 5.40. The van der Waals surface area contributed by atoms with Crippen LogP contribution in [-0.2, 0) is 17.8 Å². The molecule has 2 aromatic heterocycles. The molecule has 4 rings (SSSR count).